The van der Waals surface area contributed by atoms with E-state index in [2.05, 4.69) is 5.48 Å². The van der Waals surface area contributed by atoms with Crippen molar-refractivity contribution >= 4 is 34.8 Å². The van der Waals surface area contributed by atoms with Gasteiger partial charge in [0.2, 0.25) is 0 Å². The van der Waals surface area contributed by atoms with Gasteiger partial charge >= 0.3 is 0 Å². The van der Waals surface area contributed by atoms with Gasteiger partial charge in [-0.3, -0.25) is 0 Å². The molecule has 1 aromatic carbocycles. The van der Waals surface area contributed by atoms with Crippen LogP contribution in [0.2, 0.25) is 15.1 Å². The van der Waals surface area contributed by atoms with Crippen molar-refractivity contribution in [2.45, 2.75) is 13.0 Å². The van der Waals surface area contributed by atoms with Crippen molar-refractivity contribution in [1.82, 2.24) is 5.48 Å². The lowest BCUT2D eigenvalue weighted by Gasteiger charge is -2.15. The van der Waals surface area contributed by atoms with Gasteiger partial charge in [-0.2, -0.15) is 5.48 Å². The Morgan fingerprint density at radius 2 is 1.81 bits per heavy atom. The molecule has 0 fully saturated rings. The van der Waals surface area contributed by atoms with Gasteiger partial charge < -0.3 is 9.57 Å². The maximum absolute atomic E-state index is 5.95. The number of rotatable bonds is 5. The largest absolute Gasteiger partial charge is 0.489 e. The van der Waals surface area contributed by atoms with E-state index >= 15 is 0 Å². The highest BCUT2D eigenvalue weighted by Gasteiger charge is 2.10. The zero-order valence-electron chi connectivity index (χ0n) is 8.89. The van der Waals surface area contributed by atoms with E-state index in [0.717, 1.165) is 0 Å². The van der Waals surface area contributed by atoms with Gasteiger partial charge in [0.25, 0.3) is 0 Å². The monoisotopic (exact) mass is 283 g/mol. The number of benzene rings is 1. The van der Waals surface area contributed by atoms with E-state index in [1.165, 1.54) is 0 Å². The summed E-state index contributed by atoms with van der Waals surface area (Å²) in [5.41, 5.74) is 2.73. The summed E-state index contributed by atoms with van der Waals surface area (Å²) < 4.78 is 5.47. The first-order valence-corrected chi connectivity index (χ1v) is 5.73. The first kappa shape index (κ1) is 13.9. The highest BCUT2D eigenvalue weighted by Crippen LogP contribution is 2.35. The van der Waals surface area contributed by atoms with E-state index in [-0.39, 0.29) is 6.04 Å². The number of hydrogen-bond donors (Lipinski definition) is 1. The molecule has 0 saturated carbocycles. The summed E-state index contributed by atoms with van der Waals surface area (Å²) in [6, 6.07) is 3.19. The standard InChI is InChI=1S/C10H12Cl3NO2/c1-6(14-15-2)5-16-10-8(12)3-7(11)4-9(10)13/h3-4,6,14H,5H2,1-2H3. The number of hydrogen-bond acceptors (Lipinski definition) is 3. The first-order chi connectivity index (χ1) is 7.54. The molecular weight excluding hydrogens is 272 g/mol. The maximum atomic E-state index is 5.95. The molecule has 1 aromatic rings. The molecule has 1 atom stereocenters. The second-order valence-electron chi connectivity index (χ2n) is 3.23. The summed E-state index contributed by atoms with van der Waals surface area (Å²) in [6.45, 7) is 2.29. The third-order valence-electron chi connectivity index (χ3n) is 1.76. The predicted octanol–water partition coefficient (Wildman–Crippen LogP) is 3.57. The van der Waals surface area contributed by atoms with Crippen molar-refractivity contribution < 1.29 is 9.57 Å². The van der Waals surface area contributed by atoms with Crippen LogP contribution in [0.5, 0.6) is 5.75 Å². The predicted molar refractivity (Wildman–Crippen MR) is 66.6 cm³/mol. The van der Waals surface area contributed by atoms with E-state index < -0.39 is 0 Å². The molecule has 0 aliphatic heterocycles. The lowest BCUT2D eigenvalue weighted by Crippen LogP contribution is -2.30. The van der Waals surface area contributed by atoms with Gasteiger partial charge in [0.1, 0.15) is 6.61 Å². The van der Waals surface area contributed by atoms with Gasteiger partial charge in [0.05, 0.1) is 23.2 Å². The molecule has 16 heavy (non-hydrogen) atoms. The molecule has 90 valence electrons. The van der Waals surface area contributed by atoms with Crippen molar-refractivity contribution in [3.05, 3.63) is 27.2 Å². The maximum Gasteiger partial charge on any atom is 0.156 e. The van der Waals surface area contributed by atoms with Crippen molar-refractivity contribution in [2.75, 3.05) is 13.7 Å². The zero-order valence-corrected chi connectivity index (χ0v) is 11.2. The average Bonchev–Trinajstić information content (AvgIpc) is 2.16. The SMILES string of the molecule is CONC(C)COc1c(Cl)cc(Cl)cc1Cl. The number of halogens is 3. The molecule has 0 spiro atoms. The van der Waals surface area contributed by atoms with Crippen LogP contribution >= 0.6 is 34.8 Å². The van der Waals surface area contributed by atoms with Crippen LogP contribution in [-0.4, -0.2) is 19.8 Å². The van der Waals surface area contributed by atoms with Crippen molar-refractivity contribution in [3.63, 3.8) is 0 Å². The molecule has 1 N–H and O–H groups in total. The topological polar surface area (TPSA) is 30.5 Å². The Bertz CT molecular complexity index is 337. The molecule has 0 radical (unpaired) electrons. The van der Waals surface area contributed by atoms with E-state index in [4.69, 9.17) is 44.4 Å². The summed E-state index contributed by atoms with van der Waals surface area (Å²) >= 11 is 17.7. The molecule has 1 rings (SSSR count). The summed E-state index contributed by atoms with van der Waals surface area (Å²) in [6.07, 6.45) is 0. The summed E-state index contributed by atoms with van der Waals surface area (Å²) in [5, 5.41) is 1.26. The van der Waals surface area contributed by atoms with Crippen LogP contribution in [0.1, 0.15) is 6.92 Å². The average molecular weight is 285 g/mol. The van der Waals surface area contributed by atoms with Crippen LogP contribution in [0.25, 0.3) is 0 Å². The van der Waals surface area contributed by atoms with Crippen molar-refractivity contribution in [1.29, 1.82) is 0 Å². The smallest absolute Gasteiger partial charge is 0.156 e. The number of nitrogens with one attached hydrogen (secondary N) is 1. The van der Waals surface area contributed by atoms with E-state index in [0.29, 0.717) is 27.4 Å². The lowest BCUT2D eigenvalue weighted by atomic mass is 10.3. The fourth-order valence-electron chi connectivity index (χ4n) is 1.11. The molecule has 0 heterocycles. The van der Waals surface area contributed by atoms with Crippen LogP contribution in [0.3, 0.4) is 0 Å². The number of ether oxygens (including phenoxy) is 1. The van der Waals surface area contributed by atoms with Gasteiger partial charge in [-0.05, 0) is 19.1 Å². The van der Waals surface area contributed by atoms with Crippen LogP contribution in [0.15, 0.2) is 12.1 Å². The normalized spacial score (nSPS) is 12.6. The van der Waals surface area contributed by atoms with Crippen LogP contribution in [-0.2, 0) is 4.84 Å². The fraction of sp³-hybridized carbons (Fsp3) is 0.400. The summed E-state index contributed by atoms with van der Waals surface area (Å²) in [5.74, 6) is 0.428. The van der Waals surface area contributed by atoms with Gasteiger partial charge in [0.15, 0.2) is 5.75 Å². The van der Waals surface area contributed by atoms with Gasteiger partial charge in [-0.25, -0.2) is 0 Å². The molecule has 1 unspecified atom stereocenters. The second-order valence-corrected chi connectivity index (χ2v) is 4.48. The highest BCUT2D eigenvalue weighted by atomic mass is 35.5. The molecule has 0 amide bonds. The third-order valence-corrected chi connectivity index (χ3v) is 2.54. The molecule has 6 heteroatoms. The molecule has 0 saturated heterocycles. The van der Waals surface area contributed by atoms with Gasteiger partial charge in [0, 0.05) is 5.02 Å². The minimum Gasteiger partial charge on any atom is -0.489 e. The molecule has 0 aliphatic rings. The van der Waals surface area contributed by atoms with Crippen LogP contribution in [0, 0.1) is 0 Å². The highest BCUT2D eigenvalue weighted by molar-refractivity contribution is 6.40. The Labute approximate surface area is 110 Å². The third kappa shape index (κ3) is 4.00. The molecule has 0 aliphatic carbocycles. The quantitative estimate of drug-likeness (QED) is 0.839. The Kier molecular flexibility index (Phi) is 5.66. The van der Waals surface area contributed by atoms with E-state index in [9.17, 15) is 0 Å². The zero-order chi connectivity index (χ0) is 12.1. The molecule has 0 bridgehead atoms. The fourth-order valence-corrected chi connectivity index (χ4v) is 2.04. The van der Waals surface area contributed by atoms with E-state index in [1.807, 2.05) is 6.92 Å². The van der Waals surface area contributed by atoms with Crippen LogP contribution in [0.4, 0.5) is 0 Å². The Morgan fingerprint density at radius 3 is 2.31 bits per heavy atom. The first-order valence-electron chi connectivity index (χ1n) is 4.60. The summed E-state index contributed by atoms with van der Waals surface area (Å²) in [7, 11) is 1.54. The number of hydroxylamine groups is 1. The Balaban J connectivity index is 2.67. The van der Waals surface area contributed by atoms with Gasteiger partial charge in [-0.1, -0.05) is 34.8 Å². The van der Waals surface area contributed by atoms with Crippen molar-refractivity contribution in [3.8, 4) is 5.75 Å². The molecule has 0 aromatic heterocycles. The summed E-state index contributed by atoms with van der Waals surface area (Å²) in [4.78, 5) is 4.75. The van der Waals surface area contributed by atoms with Crippen LogP contribution < -0.4 is 10.2 Å². The molecular formula is C10H12Cl3NO2. The Hall–Kier alpha value is -0.190. The second kappa shape index (κ2) is 6.52. The lowest BCUT2D eigenvalue weighted by molar-refractivity contribution is 0.0502. The Morgan fingerprint density at radius 1 is 1.25 bits per heavy atom. The molecule has 3 nitrogen and oxygen atoms in total. The van der Waals surface area contributed by atoms with E-state index in [1.54, 1.807) is 19.2 Å². The minimum absolute atomic E-state index is 0.0211. The van der Waals surface area contributed by atoms with Crippen molar-refractivity contribution in [2.24, 2.45) is 0 Å². The minimum atomic E-state index is 0.0211. The van der Waals surface area contributed by atoms with Gasteiger partial charge in [-0.15, -0.1) is 0 Å².